The number of nitrogens with zero attached hydrogens (tertiary/aromatic N) is 2. The highest BCUT2D eigenvalue weighted by Crippen LogP contribution is 2.22. The molecule has 1 saturated carbocycles. The molecule has 0 spiro atoms. The maximum atomic E-state index is 11.8. The van der Waals surface area contributed by atoms with Gasteiger partial charge in [0.05, 0.1) is 5.56 Å². The number of unbranched alkanes of at least 4 members (excludes halogenated alkanes) is 1. The fourth-order valence-corrected chi connectivity index (χ4v) is 2.79. The molecule has 1 aromatic heterocycles. The molecule has 1 atom stereocenters. The Morgan fingerprint density at radius 2 is 1.63 bits per heavy atom. The number of alkyl carbamates (subject to hydrolysis) is 1. The van der Waals surface area contributed by atoms with Gasteiger partial charge < -0.3 is 14.8 Å². The van der Waals surface area contributed by atoms with Gasteiger partial charge in [0.1, 0.15) is 11.7 Å². The van der Waals surface area contributed by atoms with Gasteiger partial charge in [-0.15, -0.1) is 0 Å². The second-order valence-corrected chi connectivity index (χ2v) is 9.58. The lowest BCUT2D eigenvalue weighted by Crippen LogP contribution is -2.34. The minimum atomic E-state index is -0.497. The molecule has 1 N–H and O–H groups in total. The first-order valence-corrected chi connectivity index (χ1v) is 12.3. The fourth-order valence-electron chi connectivity index (χ4n) is 2.79. The van der Waals surface area contributed by atoms with Gasteiger partial charge in [0.25, 0.3) is 0 Å². The van der Waals surface area contributed by atoms with Crippen LogP contribution in [0.5, 0.6) is 6.01 Å². The minimum absolute atomic E-state index is 0. The highest BCUT2D eigenvalue weighted by atomic mass is 16.6. The summed E-state index contributed by atoms with van der Waals surface area (Å²) in [7, 11) is 0. The first kappa shape index (κ1) is 30.0. The summed E-state index contributed by atoms with van der Waals surface area (Å²) in [4.78, 5) is 20.2. The van der Waals surface area contributed by atoms with Crippen LogP contribution in [-0.4, -0.2) is 34.3 Å². The van der Waals surface area contributed by atoms with Gasteiger partial charge in [-0.25, -0.2) is 14.8 Å². The van der Waals surface area contributed by atoms with Crippen LogP contribution in [-0.2, 0) is 4.74 Å². The van der Waals surface area contributed by atoms with Crippen molar-refractivity contribution in [1.82, 2.24) is 15.3 Å². The molecule has 1 fully saturated rings. The van der Waals surface area contributed by atoms with Gasteiger partial charge in [-0.1, -0.05) is 65.0 Å². The summed E-state index contributed by atoms with van der Waals surface area (Å²) in [6.45, 7) is 12.5. The molecule has 35 heavy (non-hydrogen) atoms. The lowest BCUT2D eigenvalue weighted by Gasteiger charge is -2.24. The van der Waals surface area contributed by atoms with Crippen molar-refractivity contribution in [3.63, 3.8) is 0 Å². The Kier molecular flexibility index (Phi) is 12.9. The van der Waals surface area contributed by atoms with E-state index in [4.69, 9.17) is 9.47 Å². The Morgan fingerprint density at radius 1 is 1.06 bits per heavy atom. The van der Waals surface area contributed by atoms with E-state index in [1.807, 2.05) is 45.0 Å². The lowest BCUT2D eigenvalue weighted by atomic mass is 9.96. The Balaban J connectivity index is 0.00000114. The molecule has 0 aliphatic heterocycles. The molecule has 1 aromatic carbocycles. The van der Waals surface area contributed by atoms with E-state index in [0.717, 1.165) is 29.5 Å². The van der Waals surface area contributed by atoms with Gasteiger partial charge in [0.2, 0.25) is 0 Å². The number of hydrogen-bond acceptors (Lipinski definition) is 5. The van der Waals surface area contributed by atoms with Crippen molar-refractivity contribution in [2.45, 2.75) is 98.7 Å². The predicted molar refractivity (Wildman–Crippen MR) is 143 cm³/mol. The third-order valence-electron chi connectivity index (χ3n) is 5.23. The zero-order chi connectivity index (χ0) is 25.0. The molecular formula is C29H43N3O3. The Labute approximate surface area is 212 Å². The fraction of sp³-hybridized carbons (Fsp3) is 0.552. The van der Waals surface area contributed by atoms with Crippen LogP contribution in [0.25, 0.3) is 0 Å². The van der Waals surface area contributed by atoms with E-state index in [1.54, 1.807) is 12.4 Å². The van der Waals surface area contributed by atoms with Crippen molar-refractivity contribution < 1.29 is 14.3 Å². The quantitative estimate of drug-likeness (QED) is 0.455. The van der Waals surface area contributed by atoms with E-state index in [-0.39, 0.29) is 19.4 Å². The summed E-state index contributed by atoms with van der Waals surface area (Å²) in [5.74, 6) is 6.36. The van der Waals surface area contributed by atoms with Crippen molar-refractivity contribution in [3.8, 4) is 17.9 Å². The van der Waals surface area contributed by atoms with Crippen molar-refractivity contribution >= 4 is 6.09 Å². The lowest BCUT2D eigenvalue weighted by molar-refractivity contribution is 0.0525. The molecule has 6 heteroatoms. The van der Waals surface area contributed by atoms with E-state index < -0.39 is 11.7 Å². The molecule has 6 nitrogen and oxygen atoms in total. The molecule has 1 aliphatic rings. The number of amides is 1. The number of benzene rings is 1. The molecule has 192 valence electrons. The number of rotatable bonds is 6. The molecular weight excluding hydrogens is 438 g/mol. The maximum Gasteiger partial charge on any atom is 0.407 e. The van der Waals surface area contributed by atoms with Crippen molar-refractivity contribution in [2.75, 3.05) is 6.54 Å². The largest absolute Gasteiger partial charge is 0.460 e. The second kappa shape index (κ2) is 15.0. The van der Waals surface area contributed by atoms with Gasteiger partial charge in [0, 0.05) is 24.5 Å². The molecule has 1 unspecified atom stereocenters. The second-order valence-electron chi connectivity index (χ2n) is 9.58. The van der Waals surface area contributed by atoms with E-state index in [2.05, 4.69) is 47.9 Å². The van der Waals surface area contributed by atoms with Crippen LogP contribution in [0.15, 0.2) is 36.7 Å². The topological polar surface area (TPSA) is 73.3 Å². The number of nitrogens with one attached hydrogen (secondary N) is 1. The molecule has 0 bridgehead atoms. The summed E-state index contributed by atoms with van der Waals surface area (Å²) >= 11 is 0. The summed E-state index contributed by atoms with van der Waals surface area (Å²) in [6.07, 6.45) is 9.25. The highest BCUT2D eigenvalue weighted by Gasteiger charge is 2.20. The van der Waals surface area contributed by atoms with Crippen LogP contribution < -0.4 is 10.1 Å². The van der Waals surface area contributed by atoms with Gasteiger partial charge in [-0.3, -0.25) is 0 Å². The van der Waals surface area contributed by atoms with E-state index in [1.165, 1.54) is 19.3 Å². The maximum absolute atomic E-state index is 11.8. The molecule has 0 radical (unpaired) electrons. The van der Waals surface area contributed by atoms with Gasteiger partial charge in [-0.2, -0.15) is 0 Å². The summed E-state index contributed by atoms with van der Waals surface area (Å²) in [6, 6.07) is 8.42. The SMILES string of the molecule is C.CC(CNC(=O)OC(C)(C)C)c1ccc(C#Cc2cnc(OC3CCC3)nc2)cc1.CCCC. The van der Waals surface area contributed by atoms with Crippen LogP contribution in [0, 0.1) is 11.8 Å². The van der Waals surface area contributed by atoms with Crippen LogP contribution in [0.1, 0.15) is 104 Å². The Morgan fingerprint density at radius 3 is 2.11 bits per heavy atom. The number of aromatic nitrogens is 2. The van der Waals surface area contributed by atoms with Crippen LogP contribution in [0.3, 0.4) is 0 Å². The van der Waals surface area contributed by atoms with Crippen LogP contribution in [0.2, 0.25) is 0 Å². The Bertz CT molecular complexity index is 932. The van der Waals surface area contributed by atoms with Crippen LogP contribution >= 0.6 is 0 Å². The molecule has 1 heterocycles. The van der Waals surface area contributed by atoms with Gasteiger partial charge >= 0.3 is 12.1 Å². The Hall–Kier alpha value is -3.07. The third kappa shape index (κ3) is 11.8. The average molecular weight is 482 g/mol. The third-order valence-corrected chi connectivity index (χ3v) is 5.23. The number of carbonyl (C=O) groups excluding carboxylic acids is 1. The predicted octanol–water partition coefficient (Wildman–Crippen LogP) is 6.88. The summed E-state index contributed by atoms with van der Waals surface area (Å²) in [5.41, 5.74) is 2.27. The van der Waals surface area contributed by atoms with Crippen molar-refractivity contribution in [2.24, 2.45) is 0 Å². The number of hydrogen-bond donors (Lipinski definition) is 1. The first-order valence-electron chi connectivity index (χ1n) is 12.3. The number of ether oxygens (including phenoxy) is 2. The summed E-state index contributed by atoms with van der Waals surface area (Å²) in [5, 5.41) is 2.81. The molecule has 0 saturated heterocycles. The molecule has 3 rings (SSSR count). The summed E-state index contributed by atoms with van der Waals surface area (Å²) < 4.78 is 10.9. The van der Waals surface area contributed by atoms with Crippen LogP contribution in [0.4, 0.5) is 4.79 Å². The van der Waals surface area contributed by atoms with E-state index in [9.17, 15) is 4.79 Å². The van der Waals surface area contributed by atoms with Crippen molar-refractivity contribution in [1.29, 1.82) is 0 Å². The zero-order valence-electron chi connectivity index (χ0n) is 21.5. The minimum Gasteiger partial charge on any atom is -0.460 e. The highest BCUT2D eigenvalue weighted by molar-refractivity contribution is 5.67. The smallest absolute Gasteiger partial charge is 0.407 e. The van der Waals surface area contributed by atoms with Gasteiger partial charge in [-0.05, 0) is 63.6 Å². The normalized spacial score (nSPS) is 13.4. The monoisotopic (exact) mass is 481 g/mol. The molecule has 1 aliphatic carbocycles. The first-order chi connectivity index (χ1) is 16.2. The zero-order valence-corrected chi connectivity index (χ0v) is 21.5. The van der Waals surface area contributed by atoms with Crippen molar-refractivity contribution in [3.05, 3.63) is 53.3 Å². The van der Waals surface area contributed by atoms with E-state index in [0.29, 0.717) is 12.6 Å². The molecule has 1 amide bonds. The molecule has 2 aromatic rings. The standard InChI is InChI=1S/C24H29N3O3.C4H10.CH4/c1-17(14-27-23(28)30-24(2,3)4)20-12-10-18(11-13-20)8-9-19-15-25-22(26-16-19)29-21-6-5-7-21;1-3-4-2;/h10-13,15-17,21H,5-7,14H2,1-4H3,(H,27,28);3-4H2,1-2H3;1H4. The average Bonchev–Trinajstić information content (AvgIpc) is 2.78. The van der Waals surface area contributed by atoms with Gasteiger partial charge in [0.15, 0.2) is 0 Å². The van der Waals surface area contributed by atoms with E-state index >= 15 is 0 Å². The number of carbonyl (C=O) groups is 1.